The summed E-state index contributed by atoms with van der Waals surface area (Å²) in [6, 6.07) is 9.13. The van der Waals surface area contributed by atoms with Gasteiger partial charge in [0, 0.05) is 44.8 Å². The average Bonchev–Trinajstić information content (AvgIpc) is 3.27. The van der Waals surface area contributed by atoms with Gasteiger partial charge in [-0.3, -0.25) is 9.79 Å². The van der Waals surface area contributed by atoms with Gasteiger partial charge in [-0.15, -0.1) is 35.3 Å². The van der Waals surface area contributed by atoms with Gasteiger partial charge in [-0.2, -0.15) is 0 Å². The van der Waals surface area contributed by atoms with Gasteiger partial charge in [-0.25, -0.2) is 4.39 Å². The summed E-state index contributed by atoms with van der Waals surface area (Å²) in [7, 11) is 1.74. The zero-order chi connectivity index (χ0) is 20.6. The van der Waals surface area contributed by atoms with Crippen LogP contribution in [0.25, 0.3) is 0 Å². The van der Waals surface area contributed by atoms with Crippen LogP contribution < -0.4 is 20.9 Å². The molecule has 1 amide bonds. The number of anilines is 1. The summed E-state index contributed by atoms with van der Waals surface area (Å²) in [4.78, 5) is 18.8. The van der Waals surface area contributed by atoms with E-state index in [1.807, 2.05) is 0 Å². The van der Waals surface area contributed by atoms with Crippen molar-refractivity contribution in [1.29, 1.82) is 0 Å². The fraction of sp³-hybridized carbons (Fsp3) is 0.429. The zero-order valence-electron chi connectivity index (χ0n) is 17.3. The minimum absolute atomic E-state index is 0. The maximum Gasteiger partial charge on any atom is 0.251 e. The Labute approximate surface area is 198 Å². The molecule has 0 aliphatic carbocycles. The van der Waals surface area contributed by atoms with Crippen LogP contribution in [-0.4, -0.2) is 51.1 Å². The Morgan fingerprint density at radius 2 is 1.97 bits per heavy atom. The lowest BCUT2D eigenvalue weighted by atomic mass is 10.1. The maximum atomic E-state index is 13.6. The highest BCUT2D eigenvalue weighted by atomic mass is 127. The van der Waals surface area contributed by atoms with E-state index in [4.69, 9.17) is 0 Å². The fourth-order valence-corrected chi connectivity index (χ4v) is 4.06. The standard InChI is InChI=1S/C21H28FN5OS.HI/c1-15-5-6-16(14-18(15)22)20(28)24-9-10-25-21(23-2)26-17-7-11-27(12-8-17)19-4-3-13-29-19;/h3-6,13-14,17H,7-12H2,1-2H3,(H,24,28)(H2,23,25,26);1H. The monoisotopic (exact) mass is 545 g/mol. The second-order valence-corrected chi connectivity index (χ2v) is 8.00. The molecule has 9 heteroatoms. The number of rotatable bonds is 6. The molecule has 0 saturated carbocycles. The first-order valence-electron chi connectivity index (χ1n) is 9.87. The van der Waals surface area contributed by atoms with Gasteiger partial charge >= 0.3 is 0 Å². The van der Waals surface area contributed by atoms with Crippen molar-refractivity contribution in [3.63, 3.8) is 0 Å². The van der Waals surface area contributed by atoms with Crippen LogP contribution in [0, 0.1) is 12.7 Å². The molecule has 1 fully saturated rings. The van der Waals surface area contributed by atoms with Gasteiger partial charge in [0.15, 0.2) is 5.96 Å². The lowest BCUT2D eigenvalue weighted by Crippen LogP contribution is -2.49. The number of nitrogens with zero attached hydrogens (tertiary/aromatic N) is 2. The van der Waals surface area contributed by atoms with E-state index in [1.165, 1.54) is 11.1 Å². The molecule has 1 saturated heterocycles. The third kappa shape index (κ3) is 6.83. The Bertz CT molecular complexity index is 838. The number of guanidine groups is 1. The number of thiophene rings is 1. The molecule has 0 radical (unpaired) electrons. The van der Waals surface area contributed by atoms with Crippen LogP contribution in [-0.2, 0) is 0 Å². The number of halogens is 2. The van der Waals surface area contributed by atoms with E-state index in [1.54, 1.807) is 37.4 Å². The number of amides is 1. The van der Waals surface area contributed by atoms with E-state index in [2.05, 4.69) is 43.4 Å². The highest BCUT2D eigenvalue weighted by Crippen LogP contribution is 2.24. The summed E-state index contributed by atoms with van der Waals surface area (Å²) in [5, 5.41) is 12.9. The number of nitrogens with one attached hydrogen (secondary N) is 3. The third-order valence-electron chi connectivity index (χ3n) is 5.01. The lowest BCUT2D eigenvalue weighted by Gasteiger charge is -2.33. The first kappa shape index (κ1) is 24.4. The summed E-state index contributed by atoms with van der Waals surface area (Å²) >= 11 is 1.78. The number of hydrogen-bond acceptors (Lipinski definition) is 4. The predicted molar refractivity (Wildman–Crippen MR) is 133 cm³/mol. The predicted octanol–water partition coefficient (Wildman–Crippen LogP) is 3.38. The highest BCUT2D eigenvalue weighted by Gasteiger charge is 2.20. The summed E-state index contributed by atoms with van der Waals surface area (Å²) in [5.74, 6) is 0.0790. The van der Waals surface area contributed by atoms with Gasteiger partial charge in [0.25, 0.3) is 5.91 Å². The first-order chi connectivity index (χ1) is 14.1. The number of piperidine rings is 1. The number of carbonyl (C=O) groups excluding carboxylic acids is 1. The van der Waals surface area contributed by atoms with Crippen molar-refractivity contribution in [2.75, 3.05) is 38.1 Å². The van der Waals surface area contributed by atoms with Crippen LogP contribution in [0.15, 0.2) is 40.7 Å². The largest absolute Gasteiger partial charge is 0.363 e. The smallest absolute Gasteiger partial charge is 0.251 e. The van der Waals surface area contributed by atoms with Crippen molar-refractivity contribution in [2.24, 2.45) is 4.99 Å². The summed E-state index contributed by atoms with van der Waals surface area (Å²) in [6.45, 7) is 4.68. The molecule has 6 nitrogen and oxygen atoms in total. The topological polar surface area (TPSA) is 68.8 Å². The van der Waals surface area contributed by atoms with Crippen molar-refractivity contribution in [1.82, 2.24) is 16.0 Å². The summed E-state index contributed by atoms with van der Waals surface area (Å²) in [5.41, 5.74) is 0.854. The Kier molecular flexibility index (Phi) is 9.83. The fourth-order valence-electron chi connectivity index (χ4n) is 3.28. The van der Waals surface area contributed by atoms with E-state index in [-0.39, 0.29) is 35.7 Å². The molecule has 0 atom stereocenters. The first-order valence-corrected chi connectivity index (χ1v) is 10.7. The van der Waals surface area contributed by atoms with Gasteiger partial charge < -0.3 is 20.9 Å². The molecular weight excluding hydrogens is 516 g/mol. The number of benzene rings is 1. The number of aliphatic imine (C=N–C) groups is 1. The Balaban J connectivity index is 0.00000320. The van der Waals surface area contributed by atoms with Crippen LogP contribution in [0.1, 0.15) is 28.8 Å². The van der Waals surface area contributed by atoms with E-state index in [9.17, 15) is 9.18 Å². The second kappa shape index (κ2) is 12.1. The minimum Gasteiger partial charge on any atom is -0.363 e. The summed E-state index contributed by atoms with van der Waals surface area (Å²) < 4.78 is 13.6. The number of carbonyl (C=O) groups is 1. The van der Waals surface area contributed by atoms with Crippen molar-refractivity contribution in [2.45, 2.75) is 25.8 Å². The number of hydrogen-bond donors (Lipinski definition) is 3. The summed E-state index contributed by atoms with van der Waals surface area (Å²) in [6.07, 6.45) is 2.10. The number of aryl methyl sites for hydroxylation is 1. The van der Waals surface area contributed by atoms with Crippen LogP contribution in [0.2, 0.25) is 0 Å². The molecule has 1 aromatic carbocycles. The quantitative estimate of drug-likeness (QED) is 0.226. The molecule has 3 N–H and O–H groups in total. The Hall–Kier alpha value is -1.88. The molecule has 0 spiro atoms. The third-order valence-corrected chi connectivity index (χ3v) is 5.94. The molecule has 2 heterocycles. The molecule has 164 valence electrons. The van der Waals surface area contributed by atoms with Crippen molar-refractivity contribution in [3.05, 3.63) is 52.7 Å². The minimum atomic E-state index is -0.370. The molecule has 3 rings (SSSR count). The normalized spacial score (nSPS) is 14.8. The SMILES string of the molecule is CN=C(NCCNC(=O)c1ccc(C)c(F)c1)NC1CCN(c2cccs2)CC1.I. The van der Waals surface area contributed by atoms with E-state index < -0.39 is 0 Å². The van der Waals surface area contributed by atoms with E-state index in [0.29, 0.717) is 30.3 Å². The van der Waals surface area contributed by atoms with Crippen LogP contribution in [0.5, 0.6) is 0 Å². The second-order valence-electron chi connectivity index (χ2n) is 7.08. The van der Waals surface area contributed by atoms with Gasteiger partial charge in [0.05, 0.1) is 5.00 Å². The molecule has 1 aromatic heterocycles. The van der Waals surface area contributed by atoms with Crippen LogP contribution in [0.4, 0.5) is 9.39 Å². The van der Waals surface area contributed by atoms with E-state index in [0.717, 1.165) is 31.9 Å². The van der Waals surface area contributed by atoms with Crippen molar-refractivity contribution < 1.29 is 9.18 Å². The van der Waals surface area contributed by atoms with Crippen LogP contribution >= 0.6 is 35.3 Å². The molecule has 0 bridgehead atoms. The molecule has 0 unspecified atom stereocenters. The Morgan fingerprint density at radius 1 is 1.23 bits per heavy atom. The molecular formula is C21H29FIN5OS. The van der Waals surface area contributed by atoms with Gasteiger partial charge in [-0.1, -0.05) is 6.07 Å². The maximum absolute atomic E-state index is 13.6. The lowest BCUT2D eigenvalue weighted by molar-refractivity contribution is 0.0954. The van der Waals surface area contributed by atoms with Crippen molar-refractivity contribution >= 4 is 52.2 Å². The van der Waals surface area contributed by atoms with Gasteiger partial charge in [0.2, 0.25) is 0 Å². The van der Waals surface area contributed by atoms with Crippen molar-refractivity contribution in [3.8, 4) is 0 Å². The van der Waals surface area contributed by atoms with Gasteiger partial charge in [0.1, 0.15) is 5.82 Å². The van der Waals surface area contributed by atoms with E-state index >= 15 is 0 Å². The van der Waals surface area contributed by atoms with Crippen LogP contribution in [0.3, 0.4) is 0 Å². The molecule has 30 heavy (non-hydrogen) atoms. The van der Waals surface area contributed by atoms with Gasteiger partial charge in [-0.05, 0) is 55.0 Å². The average molecular weight is 545 g/mol. The Morgan fingerprint density at radius 3 is 2.60 bits per heavy atom. The molecule has 2 aromatic rings. The molecule has 1 aliphatic heterocycles. The highest BCUT2D eigenvalue weighted by molar-refractivity contribution is 14.0. The zero-order valence-corrected chi connectivity index (χ0v) is 20.4. The molecule has 1 aliphatic rings.